The van der Waals surface area contributed by atoms with Gasteiger partial charge in [-0.3, -0.25) is 0 Å². The van der Waals surface area contributed by atoms with Gasteiger partial charge in [0.15, 0.2) is 0 Å². The summed E-state index contributed by atoms with van der Waals surface area (Å²) in [7, 11) is 0. The third kappa shape index (κ3) is 2.00. The second-order valence-electron chi connectivity index (χ2n) is 3.50. The fourth-order valence-corrected chi connectivity index (χ4v) is 2.32. The van der Waals surface area contributed by atoms with Gasteiger partial charge in [0.25, 0.3) is 0 Å². The Hall–Kier alpha value is -0.360. The van der Waals surface area contributed by atoms with E-state index in [1.807, 2.05) is 12.3 Å². The smallest absolute Gasteiger partial charge is 0.129 e. The zero-order valence-corrected chi connectivity index (χ0v) is 10.0. The van der Waals surface area contributed by atoms with Gasteiger partial charge in [0.05, 0.1) is 12.6 Å². The Morgan fingerprint density at radius 2 is 2.50 bits per heavy atom. The van der Waals surface area contributed by atoms with E-state index < -0.39 is 0 Å². The standard InChI is InChI=1S/C10H13IN2O/c11-8-3-4-12-10(6-8)13-5-1-2-9(13)7-14/h3-4,6,9,14H,1-2,5,7H2. The number of hydrogen-bond acceptors (Lipinski definition) is 3. The van der Waals surface area contributed by atoms with Crippen molar-refractivity contribution in [3.8, 4) is 0 Å². The van der Waals surface area contributed by atoms with Crippen LogP contribution >= 0.6 is 22.6 Å². The Morgan fingerprint density at radius 3 is 3.21 bits per heavy atom. The number of rotatable bonds is 2. The molecule has 3 nitrogen and oxygen atoms in total. The molecule has 1 atom stereocenters. The minimum atomic E-state index is 0.229. The summed E-state index contributed by atoms with van der Waals surface area (Å²) >= 11 is 2.28. The van der Waals surface area contributed by atoms with Crippen LogP contribution in [-0.2, 0) is 0 Å². The lowest BCUT2D eigenvalue weighted by molar-refractivity contribution is 0.266. The molecule has 1 fully saturated rings. The van der Waals surface area contributed by atoms with Crippen LogP contribution in [0.3, 0.4) is 0 Å². The summed E-state index contributed by atoms with van der Waals surface area (Å²) in [5, 5.41) is 9.20. The second-order valence-corrected chi connectivity index (χ2v) is 4.75. The lowest BCUT2D eigenvalue weighted by Crippen LogP contribution is -2.32. The minimum Gasteiger partial charge on any atom is -0.394 e. The van der Waals surface area contributed by atoms with Crippen molar-refractivity contribution in [3.05, 3.63) is 21.9 Å². The maximum Gasteiger partial charge on any atom is 0.129 e. The molecule has 0 amide bonds. The normalized spacial score (nSPS) is 21.6. The first-order valence-corrected chi connectivity index (χ1v) is 5.88. The van der Waals surface area contributed by atoms with Crippen LogP contribution in [0.2, 0.25) is 0 Å². The van der Waals surface area contributed by atoms with Gasteiger partial charge in [0, 0.05) is 16.3 Å². The zero-order valence-electron chi connectivity index (χ0n) is 7.86. The predicted octanol–water partition coefficient (Wildman–Crippen LogP) is 1.65. The molecule has 1 aliphatic heterocycles. The Kier molecular flexibility index (Phi) is 3.22. The van der Waals surface area contributed by atoms with Crippen LogP contribution in [0.15, 0.2) is 18.3 Å². The summed E-state index contributed by atoms with van der Waals surface area (Å²) in [5.41, 5.74) is 0. The lowest BCUT2D eigenvalue weighted by atomic mass is 10.2. The summed E-state index contributed by atoms with van der Waals surface area (Å²) in [6, 6.07) is 4.31. The number of anilines is 1. The van der Waals surface area contributed by atoms with E-state index in [9.17, 15) is 5.11 Å². The summed E-state index contributed by atoms with van der Waals surface area (Å²) < 4.78 is 1.19. The summed E-state index contributed by atoms with van der Waals surface area (Å²) in [6.07, 6.45) is 4.05. The molecule has 0 radical (unpaired) electrons. The molecule has 1 unspecified atom stereocenters. The van der Waals surface area contributed by atoms with E-state index in [1.165, 1.54) is 3.57 Å². The van der Waals surface area contributed by atoms with Crippen molar-refractivity contribution in [2.75, 3.05) is 18.1 Å². The predicted molar refractivity (Wildman–Crippen MR) is 64.4 cm³/mol. The molecule has 0 saturated carbocycles. The molecule has 1 saturated heterocycles. The van der Waals surface area contributed by atoms with E-state index >= 15 is 0 Å². The Bertz CT molecular complexity index is 319. The van der Waals surface area contributed by atoms with Crippen molar-refractivity contribution in [2.45, 2.75) is 18.9 Å². The molecule has 4 heteroatoms. The van der Waals surface area contributed by atoms with Crippen molar-refractivity contribution in [2.24, 2.45) is 0 Å². The summed E-state index contributed by atoms with van der Waals surface area (Å²) in [4.78, 5) is 6.53. The average molecular weight is 304 g/mol. The highest BCUT2D eigenvalue weighted by Gasteiger charge is 2.24. The third-order valence-electron chi connectivity index (χ3n) is 2.59. The van der Waals surface area contributed by atoms with Gasteiger partial charge in [-0.15, -0.1) is 0 Å². The van der Waals surface area contributed by atoms with Gasteiger partial charge in [-0.25, -0.2) is 4.98 Å². The van der Waals surface area contributed by atoms with Gasteiger partial charge in [-0.2, -0.15) is 0 Å². The van der Waals surface area contributed by atoms with Crippen LogP contribution < -0.4 is 4.90 Å². The Labute approximate surface area is 97.3 Å². The zero-order chi connectivity index (χ0) is 9.97. The number of halogens is 1. The molecule has 14 heavy (non-hydrogen) atoms. The molecule has 0 aromatic carbocycles. The first-order valence-electron chi connectivity index (χ1n) is 4.80. The van der Waals surface area contributed by atoms with Crippen LogP contribution in [0.4, 0.5) is 5.82 Å². The van der Waals surface area contributed by atoms with Crippen LogP contribution in [0, 0.1) is 3.57 Å². The van der Waals surface area contributed by atoms with Crippen LogP contribution in [0.25, 0.3) is 0 Å². The Morgan fingerprint density at radius 1 is 1.64 bits per heavy atom. The van der Waals surface area contributed by atoms with Gasteiger partial charge < -0.3 is 10.0 Å². The SMILES string of the molecule is OCC1CCCN1c1cc(I)ccn1. The maximum atomic E-state index is 9.20. The fraction of sp³-hybridized carbons (Fsp3) is 0.500. The van der Waals surface area contributed by atoms with Gasteiger partial charge in [0.1, 0.15) is 5.82 Å². The fourth-order valence-electron chi connectivity index (χ4n) is 1.88. The molecule has 0 spiro atoms. The molecule has 2 heterocycles. The number of aromatic nitrogens is 1. The molecule has 2 rings (SSSR count). The molecule has 0 bridgehead atoms. The quantitative estimate of drug-likeness (QED) is 0.844. The number of nitrogens with zero attached hydrogens (tertiary/aromatic N) is 2. The summed E-state index contributed by atoms with van der Waals surface area (Å²) in [5.74, 6) is 0.994. The van der Waals surface area contributed by atoms with E-state index in [1.54, 1.807) is 0 Å². The molecule has 0 aliphatic carbocycles. The molecule has 1 N–H and O–H groups in total. The lowest BCUT2D eigenvalue weighted by Gasteiger charge is -2.23. The van der Waals surface area contributed by atoms with E-state index in [-0.39, 0.29) is 12.6 Å². The van der Waals surface area contributed by atoms with E-state index in [4.69, 9.17) is 0 Å². The van der Waals surface area contributed by atoms with E-state index in [2.05, 4.69) is 38.5 Å². The number of aliphatic hydroxyl groups excluding tert-OH is 1. The van der Waals surface area contributed by atoms with E-state index in [0.717, 1.165) is 25.2 Å². The van der Waals surface area contributed by atoms with Crippen LogP contribution in [-0.4, -0.2) is 29.3 Å². The number of hydrogen-bond donors (Lipinski definition) is 1. The van der Waals surface area contributed by atoms with Gasteiger partial charge >= 0.3 is 0 Å². The van der Waals surface area contributed by atoms with Crippen LogP contribution in [0.5, 0.6) is 0 Å². The highest BCUT2D eigenvalue weighted by molar-refractivity contribution is 14.1. The molecular weight excluding hydrogens is 291 g/mol. The minimum absolute atomic E-state index is 0.229. The Balaban J connectivity index is 2.21. The highest BCUT2D eigenvalue weighted by Crippen LogP contribution is 2.24. The average Bonchev–Trinajstić information content (AvgIpc) is 2.65. The molecule has 1 aromatic heterocycles. The van der Waals surface area contributed by atoms with E-state index in [0.29, 0.717) is 0 Å². The third-order valence-corrected chi connectivity index (χ3v) is 3.26. The van der Waals surface area contributed by atoms with Crippen LogP contribution in [0.1, 0.15) is 12.8 Å². The first kappa shape index (κ1) is 10.2. The van der Waals surface area contributed by atoms with Crippen molar-refractivity contribution >= 4 is 28.4 Å². The van der Waals surface area contributed by atoms with Gasteiger partial charge in [-0.05, 0) is 47.6 Å². The maximum absolute atomic E-state index is 9.20. The molecule has 1 aliphatic rings. The monoisotopic (exact) mass is 304 g/mol. The van der Waals surface area contributed by atoms with Gasteiger partial charge in [0.2, 0.25) is 0 Å². The second kappa shape index (κ2) is 4.44. The molecule has 1 aromatic rings. The number of pyridine rings is 1. The van der Waals surface area contributed by atoms with Crippen molar-refractivity contribution in [1.82, 2.24) is 4.98 Å². The highest BCUT2D eigenvalue weighted by atomic mass is 127. The number of aliphatic hydroxyl groups is 1. The molecular formula is C10H13IN2O. The van der Waals surface area contributed by atoms with Crippen molar-refractivity contribution in [1.29, 1.82) is 0 Å². The largest absolute Gasteiger partial charge is 0.394 e. The summed E-state index contributed by atoms with van der Waals surface area (Å²) in [6.45, 7) is 1.24. The van der Waals surface area contributed by atoms with Crippen molar-refractivity contribution in [3.63, 3.8) is 0 Å². The topological polar surface area (TPSA) is 36.4 Å². The first-order chi connectivity index (χ1) is 6.81. The van der Waals surface area contributed by atoms with Gasteiger partial charge in [-0.1, -0.05) is 0 Å². The van der Waals surface area contributed by atoms with Crippen molar-refractivity contribution < 1.29 is 5.11 Å². The molecule has 76 valence electrons.